The van der Waals surface area contributed by atoms with Gasteiger partial charge in [-0.25, -0.2) is 0 Å². The topological polar surface area (TPSA) is 91.3 Å². The van der Waals surface area contributed by atoms with Crippen LogP contribution in [0.25, 0.3) is 10.9 Å². The highest BCUT2D eigenvalue weighted by atomic mass is 32.1. The van der Waals surface area contributed by atoms with Gasteiger partial charge in [0.2, 0.25) is 6.79 Å². The van der Waals surface area contributed by atoms with E-state index in [2.05, 4.69) is 24.4 Å². The Morgan fingerprint density at radius 2 is 2.03 bits per heavy atom. The maximum atomic E-state index is 12.6. The number of aliphatic hydroxyl groups is 1. The maximum absolute atomic E-state index is 12.6. The van der Waals surface area contributed by atoms with E-state index in [0.29, 0.717) is 47.2 Å². The minimum atomic E-state index is -0.163. The lowest BCUT2D eigenvalue weighted by Crippen LogP contribution is -3.05. The highest BCUT2D eigenvalue weighted by Gasteiger charge is 2.17. The zero-order valence-corrected chi connectivity index (χ0v) is 17.7. The lowest BCUT2D eigenvalue weighted by molar-refractivity contribution is -0.858. The third kappa shape index (κ3) is 5.59. The van der Waals surface area contributed by atoms with Crippen LogP contribution in [0.15, 0.2) is 23.0 Å². The Bertz CT molecular complexity index is 915. The summed E-state index contributed by atoms with van der Waals surface area (Å²) in [6, 6.07) is 5.51. The van der Waals surface area contributed by atoms with Crippen LogP contribution in [0.2, 0.25) is 0 Å². The van der Waals surface area contributed by atoms with Crippen LogP contribution in [0.1, 0.15) is 18.4 Å². The van der Waals surface area contributed by atoms with Crippen molar-refractivity contribution in [2.24, 2.45) is 0 Å². The smallest absolute Gasteiger partial charge is 0.253 e. The van der Waals surface area contributed by atoms with Gasteiger partial charge >= 0.3 is 0 Å². The number of quaternary nitrogens is 1. The van der Waals surface area contributed by atoms with Crippen LogP contribution in [0.5, 0.6) is 11.5 Å². The van der Waals surface area contributed by atoms with Crippen molar-refractivity contribution in [1.29, 1.82) is 0 Å². The molecule has 0 fully saturated rings. The van der Waals surface area contributed by atoms with E-state index in [1.54, 1.807) is 6.07 Å². The molecule has 9 heteroatoms. The number of H-pyrrole nitrogens is 1. The third-order valence-electron chi connectivity index (χ3n) is 4.78. The molecule has 0 atom stereocenters. The van der Waals surface area contributed by atoms with Crippen molar-refractivity contribution in [3.05, 3.63) is 34.1 Å². The lowest BCUT2D eigenvalue weighted by Gasteiger charge is -2.25. The Morgan fingerprint density at radius 1 is 1.28 bits per heavy atom. The number of rotatable bonds is 9. The average Bonchev–Trinajstić information content (AvgIpc) is 3.14. The molecule has 0 unspecified atom stereocenters. The summed E-state index contributed by atoms with van der Waals surface area (Å²) in [5.74, 6) is 1.31. The van der Waals surface area contributed by atoms with E-state index in [4.69, 9.17) is 21.7 Å². The number of hydrogen-bond donors (Lipinski definition) is 4. The molecule has 1 aromatic heterocycles. The van der Waals surface area contributed by atoms with Gasteiger partial charge < -0.3 is 34.7 Å². The maximum Gasteiger partial charge on any atom is 0.253 e. The van der Waals surface area contributed by atoms with Crippen molar-refractivity contribution in [2.75, 3.05) is 47.1 Å². The molecule has 1 aromatic carbocycles. The number of aromatic nitrogens is 1. The van der Waals surface area contributed by atoms with Gasteiger partial charge in [-0.3, -0.25) is 4.79 Å². The van der Waals surface area contributed by atoms with Crippen LogP contribution in [-0.2, 0) is 6.54 Å². The molecule has 0 amide bonds. The summed E-state index contributed by atoms with van der Waals surface area (Å²) in [4.78, 5) is 18.9. The molecule has 1 aliphatic rings. The van der Waals surface area contributed by atoms with Crippen LogP contribution >= 0.6 is 12.2 Å². The zero-order valence-electron chi connectivity index (χ0n) is 16.9. The van der Waals surface area contributed by atoms with Crippen LogP contribution in [0, 0.1) is 0 Å². The number of aliphatic hydroxyl groups excluding tert-OH is 1. The molecule has 8 nitrogen and oxygen atoms in total. The van der Waals surface area contributed by atoms with Gasteiger partial charge in [0, 0.05) is 43.1 Å². The van der Waals surface area contributed by atoms with Gasteiger partial charge in [-0.05, 0) is 30.8 Å². The molecule has 158 valence electrons. The van der Waals surface area contributed by atoms with Gasteiger partial charge in [-0.2, -0.15) is 0 Å². The first kappa shape index (κ1) is 21.4. The summed E-state index contributed by atoms with van der Waals surface area (Å²) in [5, 5.41) is 14.0. The Hall–Kier alpha value is -2.36. The fourth-order valence-corrected chi connectivity index (χ4v) is 3.49. The minimum Gasteiger partial charge on any atom is -0.454 e. The summed E-state index contributed by atoms with van der Waals surface area (Å²) in [5.41, 5.74) is 1.15. The number of nitrogens with one attached hydrogen (secondary N) is 3. The SMILES string of the molecule is C[NH+](C)CCCNC(=S)N(CCCO)Cc1cc2cc3c(cc2[nH]c1=O)OCO3. The molecule has 1 aliphatic heterocycles. The third-order valence-corrected chi connectivity index (χ3v) is 5.18. The van der Waals surface area contributed by atoms with E-state index in [9.17, 15) is 9.90 Å². The van der Waals surface area contributed by atoms with E-state index >= 15 is 0 Å². The van der Waals surface area contributed by atoms with Crippen molar-refractivity contribution >= 4 is 28.2 Å². The molecule has 0 aliphatic carbocycles. The first-order valence-corrected chi connectivity index (χ1v) is 10.3. The second kappa shape index (κ2) is 9.91. The largest absolute Gasteiger partial charge is 0.454 e. The Kier molecular flexibility index (Phi) is 7.29. The predicted octanol–water partition coefficient (Wildman–Crippen LogP) is -0.150. The standard InChI is InChI=1S/C20H28N4O4S/c1-23(2)6-3-5-21-20(29)24(7-4-8-25)12-15-9-14-10-17-18(28-13-27-17)11-16(14)22-19(15)26/h9-11,25H,3-8,12-13H2,1-2H3,(H,21,29)(H,22,26)/p+1. The van der Waals surface area contributed by atoms with E-state index in [0.717, 1.165) is 24.9 Å². The van der Waals surface area contributed by atoms with E-state index in [1.807, 2.05) is 17.0 Å². The molecular weight excluding hydrogens is 392 g/mol. The lowest BCUT2D eigenvalue weighted by atomic mass is 10.1. The van der Waals surface area contributed by atoms with Crippen LogP contribution in [0.4, 0.5) is 0 Å². The van der Waals surface area contributed by atoms with Gasteiger partial charge in [0.05, 0.1) is 32.7 Å². The minimum absolute atomic E-state index is 0.0701. The van der Waals surface area contributed by atoms with Crippen molar-refractivity contribution in [2.45, 2.75) is 19.4 Å². The van der Waals surface area contributed by atoms with Crippen molar-refractivity contribution in [1.82, 2.24) is 15.2 Å². The fraction of sp³-hybridized carbons (Fsp3) is 0.500. The van der Waals surface area contributed by atoms with E-state index in [1.165, 1.54) is 4.90 Å². The number of benzene rings is 1. The molecule has 29 heavy (non-hydrogen) atoms. The van der Waals surface area contributed by atoms with Crippen LogP contribution < -0.4 is 25.2 Å². The first-order valence-electron chi connectivity index (χ1n) is 9.86. The fourth-order valence-electron chi connectivity index (χ4n) is 3.23. The average molecular weight is 422 g/mol. The summed E-state index contributed by atoms with van der Waals surface area (Å²) >= 11 is 5.55. The molecule has 0 saturated carbocycles. The van der Waals surface area contributed by atoms with Crippen LogP contribution in [0.3, 0.4) is 0 Å². The van der Waals surface area contributed by atoms with Crippen molar-refractivity contribution in [3.8, 4) is 11.5 Å². The second-order valence-electron chi connectivity index (χ2n) is 7.46. The molecule has 2 aromatic rings. The van der Waals surface area contributed by atoms with E-state index < -0.39 is 0 Å². The molecule has 0 spiro atoms. The number of thiocarbonyl (C=S) groups is 1. The molecule has 2 heterocycles. The van der Waals surface area contributed by atoms with Gasteiger partial charge in [-0.1, -0.05) is 0 Å². The molecular formula is C20H29N4O4S+. The normalized spacial score (nSPS) is 12.6. The highest BCUT2D eigenvalue weighted by Crippen LogP contribution is 2.35. The van der Waals surface area contributed by atoms with Gasteiger partial charge in [0.1, 0.15) is 0 Å². The Labute approximate surface area is 175 Å². The van der Waals surface area contributed by atoms with Gasteiger partial charge in [-0.15, -0.1) is 0 Å². The quantitative estimate of drug-likeness (QED) is 0.331. The number of hydrogen-bond acceptors (Lipinski definition) is 5. The molecule has 3 rings (SSSR count). The van der Waals surface area contributed by atoms with E-state index in [-0.39, 0.29) is 19.0 Å². The summed E-state index contributed by atoms with van der Waals surface area (Å²) in [6.45, 7) is 3.02. The summed E-state index contributed by atoms with van der Waals surface area (Å²) < 4.78 is 10.8. The second-order valence-corrected chi connectivity index (χ2v) is 7.84. The monoisotopic (exact) mass is 421 g/mol. The van der Waals surface area contributed by atoms with Crippen molar-refractivity contribution in [3.63, 3.8) is 0 Å². The number of pyridine rings is 1. The number of fused-ring (bicyclic) bond motifs is 2. The van der Waals surface area contributed by atoms with Crippen molar-refractivity contribution < 1.29 is 19.5 Å². The predicted molar refractivity (Wildman–Crippen MR) is 116 cm³/mol. The highest BCUT2D eigenvalue weighted by molar-refractivity contribution is 7.80. The van der Waals surface area contributed by atoms with Gasteiger partial charge in [0.25, 0.3) is 5.56 Å². The number of nitrogens with zero attached hydrogens (tertiary/aromatic N) is 1. The Morgan fingerprint density at radius 3 is 2.76 bits per heavy atom. The number of aromatic amines is 1. The summed E-state index contributed by atoms with van der Waals surface area (Å²) in [6.07, 6.45) is 1.58. The molecule has 4 N–H and O–H groups in total. The van der Waals surface area contributed by atoms with Crippen LogP contribution in [-0.4, -0.2) is 67.2 Å². The molecule has 0 bridgehead atoms. The molecule has 0 radical (unpaired) electrons. The summed E-state index contributed by atoms with van der Waals surface area (Å²) in [7, 11) is 4.23. The zero-order chi connectivity index (χ0) is 20.8. The van der Waals surface area contributed by atoms with Gasteiger partial charge in [0.15, 0.2) is 16.6 Å². The number of ether oxygens (including phenoxy) is 2. The first-order chi connectivity index (χ1) is 14.0. The molecule has 0 saturated heterocycles. The Balaban J connectivity index is 1.74.